The highest BCUT2D eigenvalue weighted by molar-refractivity contribution is 5.50. The minimum Gasteiger partial charge on any atom is -0.303 e. The fourth-order valence-electron chi connectivity index (χ4n) is 1.39. The number of hydrogen-bond acceptors (Lipinski definition) is 2. The maximum atomic E-state index is 10.1. The van der Waals surface area contributed by atoms with E-state index in [2.05, 4.69) is 11.9 Å². The van der Waals surface area contributed by atoms with Crippen molar-refractivity contribution >= 4 is 6.29 Å². The highest BCUT2D eigenvalue weighted by Crippen LogP contribution is 2.15. The molecular weight excluding hydrogens is 114 g/mol. The van der Waals surface area contributed by atoms with Crippen LogP contribution in [0.15, 0.2) is 0 Å². The Kier molecular flexibility index (Phi) is 2.22. The molecule has 0 spiro atoms. The summed E-state index contributed by atoms with van der Waals surface area (Å²) in [5, 5.41) is 0. The number of nitrogens with zero attached hydrogens (tertiary/aromatic N) is 1. The van der Waals surface area contributed by atoms with Gasteiger partial charge in [-0.2, -0.15) is 0 Å². The van der Waals surface area contributed by atoms with Crippen molar-refractivity contribution in [1.29, 1.82) is 0 Å². The van der Waals surface area contributed by atoms with Gasteiger partial charge in [-0.3, -0.25) is 0 Å². The van der Waals surface area contributed by atoms with Gasteiger partial charge in [0, 0.05) is 12.5 Å². The Morgan fingerprint density at radius 1 is 1.78 bits per heavy atom. The Labute approximate surface area is 55.8 Å². The molecule has 0 aliphatic carbocycles. The van der Waals surface area contributed by atoms with Crippen molar-refractivity contribution in [2.75, 3.05) is 13.6 Å². The normalized spacial score (nSPS) is 28.8. The van der Waals surface area contributed by atoms with Crippen LogP contribution in [0.4, 0.5) is 0 Å². The summed E-state index contributed by atoms with van der Waals surface area (Å²) in [6, 6.07) is 0.544. The van der Waals surface area contributed by atoms with E-state index in [0.717, 1.165) is 12.7 Å². The van der Waals surface area contributed by atoms with Crippen LogP contribution in [0.5, 0.6) is 0 Å². The Hall–Kier alpha value is -0.370. The van der Waals surface area contributed by atoms with Gasteiger partial charge in [0.2, 0.25) is 0 Å². The van der Waals surface area contributed by atoms with E-state index >= 15 is 0 Å². The van der Waals surface area contributed by atoms with Crippen LogP contribution in [-0.4, -0.2) is 30.8 Å². The molecular formula is C7H13NO. The van der Waals surface area contributed by atoms with Crippen molar-refractivity contribution in [3.63, 3.8) is 0 Å². The lowest BCUT2D eigenvalue weighted by atomic mass is 10.2. The zero-order valence-corrected chi connectivity index (χ0v) is 5.84. The first-order valence-electron chi connectivity index (χ1n) is 3.48. The molecule has 0 aromatic heterocycles. The number of carbonyl (C=O) groups excluding carboxylic acids is 1. The van der Waals surface area contributed by atoms with Gasteiger partial charge < -0.3 is 9.69 Å². The lowest BCUT2D eigenvalue weighted by molar-refractivity contribution is -0.108. The average molecular weight is 127 g/mol. The first kappa shape index (κ1) is 6.75. The maximum Gasteiger partial charge on any atom is 0.121 e. The average Bonchev–Trinajstić information content (AvgIpc) is 2.18. The van der Waals surface area contributed by atoms with E-state index in [4.69, 9.17) is 0 Å². The number of aldehydes is 1. The molecule has 2 nitrogen and oxygen atoms in total. The first-order chi connectivity index (χ1) is 4.34. The molecule has 0 N–H and O–H groups in total. The Morgan fingerprint density at radius 2 is 2.56 bits per heavy atom. The van der Waals surface area contributed by atoms with Crippen LogP contribution in [-0.2, 0) is 4.79 Å². The molecule has 0 bridgehead atoms. The molecule has 2 heteroatoms. The van der Waals surface area contributed by atoms with Crippen LogP contribution in [0, 0.1) is 0 Å². The van der Waals surface area contributed by atoms with E-state index in [1.165, 1.54) is 19.4 Å². The number of hydrogen-bond donors (Lipinski definition) is 0. The van der Waals surface area contributed by atoms with Crippen molar-refractivity contribution in [1.82, 2.24) is 4.90 Å². The minimum absolute atomic E-state index is 0.544. The van der Waals surface area contributed by atoms with Gasteiger partial charge in [-0.1, -0.05) is 0 Å². The minimum atomic E-state index is 0.544. The molecule has 1 saturated heterocycles. The summed E-state index contributed by atoms with van der Waals surface area (Å²) in [5.74, 6) is 0. The van der Waals surface area contributed by atoms with Gasteiger partial charge in [-0.25, -0.2) is 0 Å². The molecule has 1 heterocycles. The maximum absolute atomic E-state index is 10.1. The van der Waals surface area contributed by atoms with Crippen LogP contribution >= 0.6 is 0 Å². The van der Waals surface area contributed by atoms with Crippen LogP contribution in [0.1, 0.15) is 19.3 Å². The molecule has 1 aliphatic rings. The van der Waals surface area contributed by atoms with Gasteiger partial charge in [0.25, 0.3) is 0 Å². The molecule has 52 valence electrons. The molecule has 0 aromatic rings. The summed E-state index contributed by atoms with van der Waals surface area (Å²) < 4.78 is 0. The van der Waals surface area contributed by atoms with E-state index in [1.807, 2.05) is 0 Å². The molecule has 1 fully saturated rings. The van der Waals surface area contributed by atoms with Crippen LogP contribution in [0.25, 0.3) is 0 Å². The van der Waals surface area contributed by atoms with Crippen molar-refractivity contribution in [2.24, 2.45) is 0 Å². The lowest BCUT2D eigenvalue weighted by Gasteiger charge is -2.15. The second kappa shape index (κ2) is 2.97. The van der Waals surface area contributed by atoms with Gasteiger partial charge in [0.15, 0.2) is 0 Å². The summed E-state index contributed by atoms with van der Waals surface area (Å²) in [7, 11) is 2.08. The van der Waals surface area contributed by atoms with Gasteiger partial charge in [-0.05, 0) is 26.4 Å². The van der Waals surface area contributed by atoms with Crippen LogP contribution < -0.4 is 0 Å². The molecule has 0 radical (unpaired) electrons. The summed E-state index contributed by atoms with van der Waals surface area (Å²) in [5.41, 5.74) is 0. The van der Waals surface area contributed by atoms with E-state index < -0.39 is 0 Å². The van der Waals surface area contributed by atoms with Gasteiger partial charge in [-0.15, -0.1) is 0 Å². The quantitative estimate of drug-likeness (QED) is 0.508. The van der Waals surface area contributed by atoms with Crippen LogP contribution in [0.2, 0.25) is 0 Å². The zero-order valence-electron chi connectivity index (χ0n) is 5.84. The third-order valence-corrected chi connectivity index (χ3v) is 2.04. The number of rotatable bonds is 2. The second-order valence-electron chi connectivity index (χ2n) is 2.68. The standard InChI is InChI=1S/C7H13NO/c1-8-5-2-3-7(8)4-6-9/h6-7H,2-5H2,1H3/t7-/m1/s1. The zero-order chi connectivity index (χ0) is 6.69. The highest BCUT2D eigenvalue weighted by atomic mass is 16.1. The van der Waals surface area contributed by atoms with Crippen LogP contribution in [0.3, 0.4) is 0 Å². The second-order valence-corrected chi connectivity index (χ2v) is 2.68. The highest BCUT2D eigenvalue weighted by Gasteiger charge is 2.19. The summed E-state index contributed by atoms with van der Waals surface area (Å²) >= 11 is 0. The Morgan fingerprint density at radius 3 is 3.00 bits per heavy atom. The first-order valence-corrected chi connectivity index (χ1v) is 3.48. The monoisotopic (exact) mass is 127 g/mol. The molecule has 0 amide bonds. The summed E-state index contributed by atoms with van der Waals surface area (Å²) in [6.45, 7) is 1.17. The Balaban J connectivity index is 2.30. The van der Waals surface area contributed by atoms with Gasteiger partial charge in [0.05, 0.1) is 0 Å². The number of likely N-dealkylation sites (tertiary alicyclic amines) is 1. The van der Waals surface area contributed by atoms with Crippen molar-refractivity contribution in [3.8, 4) is 0 Å². The molecule has 1 atom stereocenters. The summed E-state index contributed by atoms with van der Waals surface area (Å²) in [6.07, 6.45) is 4.20. The fraction of sp³-hybridized carbons (Fsp3) is 0.857. The number of carbonyl (C=O) groups is 1. The third kappa shape index (κ3) is 1.52. The SMILES string of the molecule is CN1CCC[C@@H]1CC=O. The fourth-order valence-corrected chi connectivity index (χ4v) is 1.39. The Bertz CT molecular complexity index is 103. The summed E-state index contributed by atoms with van der Waals surface area (Å²) in [4.78, 5) is 12.3. The predicted molar refractivity (Wildman–Crippen MR) is 36.3 cm³/mol. The molecule has 1 rings (SSSR count). The van der Waals surface area contributed by atoms with E-state index in [9.17, 15) is 4.79 Å². The molecule has 9 heavy (non-hydrogen) atoms. The third-order valence-electron chi connectivity index (χ3n) is 2.04. The van der Waals surface area contributed by atoms with E-state index in [1.54, 1.807) is 0 Å². The van der Waals surface area contributed by atoms with Crippen molar-refractivity contribution < 1.29 is 4.79 Å². The van der Waals surface area contributed by atoms with Gasteiger partial charge >= 0.3 is 0 Å². The van der Waals surface area contributed by atoms with Gasteiger partial charge in [0.1, 0.15) is 6.29 Å². The molecule has 1 aliphatic heterocycles. The molecule has 0 aromatic carbocycles. The molecule has 0 unspecified atom stereocenters. The van der Waals surface area contributed by atoms with E-state index in [-0.39, 0.29) is 0 Å². The topological polar surface area (TPSA) is 20.3 Å². The predicted octanol–water partition coefficient (Wildman–Crippen LogP) is 0.670. The van der Waals surface area contributed by atoms with Crippen molar-refractivity contribution in [2.45, 2.75) is 25.3 Å². The molecule has 0 saturated carbocycles. The van der Waals surface area contributed by atoms with Crippen molar-refractivity contribution in [3.05, 3.63) is 0 Å². The lowest BCUT2D eigenvalue weighted by Crippen LogP contribution is -2.24. The largest absolute Gasteiger partial charge is 0.303 e. The van der Waals surface area contributed by atoms with E-state index in [0.29, 0.717) is 6.04 Å². The smallest absolute Gasteiger partial charge is 0.121 e.